The molecule has 4 amide bonds. The van der Waals surface area contributed by atoms with E-state index < -0.39 is 0 Å². The van der Waals surface area contributed by atoms with Crippen LogP contribution in [0, 0.1) is 5.92 Å². The van der Waals surface area contributed by atoms with Gasteiger partial charge in [-0.15, -0.1) is 0 Å². The Morgan fingerprint density at radius 1 is 1.17 bits per heavy atom. The van der Waals surface area contributed by atoms with E-state index in [9.17, 15) is 14.4 Å². The van der Waals surface area contributed by atoms with E-state index in [2.05, 4.69) is 21.3 Å². The predicted octanol–water partition coefficient (Wildman–Crippen LogP) is 2.22. The lowest BCUT2D eigenvalue weighted by molar-refractivity contribution is -0.116. The average molecular weight is 414 g/mol. The smallest absolute Gasteiger partial charge is 0.322 e. The van der Waals surface area contributed by atoms with E-state index in [1.807, 2.05) is 6.92 Å². The number of piperidine rings is 1. The summed E-state index contributed by atoms with van der Waals surface area (Å²) in [6, 6.07) is 4.79. The van der Waals surface area contributed by atoms with Crippen molar-refractivity contribution in [3.05, 3.63) is 23.8 Å². The Labute approximate surface area is 177 Å². The molecule has 0 aromatic heterocycles. The van der Waals surface area contributed by atoms with Gasteiger partial charge in [-0.05, 0) is 63.4 Å². The fourth-order valence-corrected chi connectivity index (χ4v) is 4.20. The quantitative estimate of drug-likeness (QED) is 0.594. The van der Waals surface area contributed by atoms with Crippen LogP contribution in [0.25, 0.3) is 0 Å². The van der Waals surface area contributed by atoms with Crippen molar-refractivity contribution in [3.8, 4) is 0 Å². The molecule has 2 fully saturated rings. The zero-order chi connectivity index (χ0) is 21.1. The van der Waals surface area contributed by atoms with Gasteiger partial charge >= 0.3 is 6.03 Å². The largest absolute Gasteiger partial charge is 0.352 e. The summed E-state index contributed by atoms with van der Waals surface area (Å²) in [6.07, 6.45) is 5.51. The molecule has 2 heterocycles. The van der Waals surface area contributed by atoms with E-state index in [1.54, 1.807) is 23.1 Å². The molecular formula is C22H31N5O3. The summed E-state index contributed by atoms with van der Waals surface area (Å²) in [5.41, 5.74) is 1.60. The minimum atomic E-state index is -0.286. The summed E-state index contributed by atoms with van der Waals surface area (Å²) < 4.78 is 0. The molecular weight excluding hydrogens is 382 g/mol. The van der Waals surface area contributed by atoms with E-state index >= 15 is 0 Å². The van der Waals surface area contributed by atoms with Crippen molar-refractivity contribution in [2.24, 2.45) is 5.92 Å². The van der Waals surface area contributed by atoms with E-state index in [4.69, 9.17) is 0 Å². The fourth-order valence-electron chi connectivity index (χ4n) is 4.20. The van der Waals surface area contributed by atoms with Gasteiger partial charge in [0.25, 0.3) is 5.91 Å². The molecule has 0 spiro atoms. The Morgan fingerprint density at radius 3 is 2.67 bits per heavy atom. The maximum Gasteiger partial charge on any atom is 0.322 e. The van der Waals surface area contributed by atoms with Crippen LogP contribution in [-0.2, 0) is 4.79 Å². The molecule has 4 N–H and O–H groups in total. The summed E-state index contributed by atoms with van der Waals surface area (Å²) in [7, 11) is 0. The topological polar surface area (TPSA) is 103 Å². The molecule has 2 aliphatic heterocycles. The number of carbonyl (C=O) groups excluding carboxylic acids is 3. The molecule has 3 aliphatic rings. The number of amides is 4. The van der Waals surface area contributed by atoms with Gasteiger partial charge in [0.1, 0.15) is 0 Å². The predicted molar refractivity (Wildman–Crippen MR) is 116 cm³/mol. The van der Waals surface area contributed by atoms with Gasteiger partial charge in [-0.2, -0.15) is 0 Å². The highest BCUT2D eigenvalue weighted by molar-refractivity contribution is 6.06. The van der Waals surface area contributed by atoms with Crippen LogP contribution in [0.4, 0.5) is 16.2 Å². The molecule has 1 unspecified atom stereocenters. The van der Waals surface area contributed by atoms with Gasteiger partial charge in [-0.1, -0.05) is 12.8 Å². The number of nitrogens with one attached hydrogen (secondary N) is 4. The average Bonchev–Trinajstić information content (AvgIpc) is 3.54. The first kappa shape index (κ1) is 20.7. The number of fused-ring (bicyclic) bond motifs is 1. The fraction of sp³-hybridized carbons (Fsp3) is 0.591. The Kier molecular flexibility index (Phi) is 6.22. The molecule has 1 saturated heterocycles. The summed E-state index contributed by atoms with van der Waals surface area (Å²) in [6.45, 7) is 4.30. The summed E-state index contributed by atoms with van der Waals surface area (Å²) >= 11 is 0. The third kappa shape index (κ3) is 4.92. The van der Waals surface area contributed by atoms with Gasteiger partial charge in [0.15, 0.2) is 0 Å². The molecule has 8 heteroatoms. The number of nitrogens with zero attached hydrogens (tertiary/aromatic N) is 1. The Hall–Kier alpha value is -2.61. The van der Waals surface area contributed by atoms with Crippen molar-refractivity contribution in [3.63, 3.8) is 0 Å². The van der Waals surface area contributed by atoms with E-state index in [0.29, 0.717) is 23.5 Å². The molecule has 162 valence electrons. The maximum absolute atomic E-state index is 13.1. The molecule has 1 aliphatic carbocycles. The lowest BCUT2D eigenvalue weighted by atomic mass is 10.1. The summed E-state index contributed by atoms with van der Waals surface area (Å²) in [5, 5.41) is 12.2. The highest BCUT2D eigenvalue weighted by Crippen LogP contribution is 2.33. The second kappa shape index (κ2) is 9.04. The monoisotopic (exact) mass is 413 g/mol. The first-order valence-electron chi connectivity index (χ1n) is 11.0. The Balaban J connectivity index is 1.51. The highest BCUT2D eigenvalue weighted by atomic mass is 16.2. The normalized spacial score (nSPS) is 22.0. The number of hydrogen-bond donors (Lipinski definition) is 4. The van der Waals surface area contributed by atoms with Gasteiger partial charge in [0.2, 0.25) is 5.91 Å². The van der Waals surface area contributed by atoms with Crippen LogP contribution < -0.4 is 26.2 Å². The van der Waals surface area contributed by atoms with Crippen molar-refractivity contribution in [2.45, 2.75) is 57.5 Å². The standard InChI is InChI=1S/C22H31N5O3/c1-14-12-20(28)26-18-13-16(21(29)24-11-6-15-2-3-15)4-5-19(18)27(14)22(30)25-17-7-9-23-10-8-17/h4-5,13-15,17,23H,2-3,6-12H2,1H3,(H,24,29)(H,25,30)(H,26,28). The lowest BCUT2D eigenvalue weighted by Gasteiger charge is -2.31. The first-order valence-corrected chi connectivity index (χ1v) is 11.0. The number of hydrogen-bond acceptors (Lipinski definition) is 4. The zero-order valence-corrected chi connectivity index (χ0v) is 17.5. The van der Waals surface area contributed by atoms with Gasteiger partial charge in [0, 0.05) is 30.6 Å². The SMILES string of the molecule is CC1CC(=O)Nc2cc(C(=O)NCCC3CC3)ccc2N1C(=O)NC1CCNCC1. The van der Waals surface area contributed by atoms with Crippen LogP contribution in [0.2, 0.25) is 0 Å². The second-order valence-electron chi connectivity index (χ2n) is 8.66. The molecule has 8 nitrogen and oxygen atoms in total. The second-order valence-corrected chi connectivity index (χ2v) is 8.66. The van der Waals surface area contributed by atoms with Gasteiger partial charge in [-0.3, -0.25) is 14.5 Å². The van der Waals surface area contributed by atoms with Crippen molar-refractivity contribution in [1.82, 2.24) is 16.0 Å². The molecule has 1 atom stereocenters. The maximum atomic E-state index is 13.1. The molecule has 0 radical (unpaired) electrons. The molecule has 1 aromatic carbocycles. The minimum Gasteiger partial charge on any atom is -0.352 e. The minimum absolute atomic E-state index is 0.123. The lowest BCUT2D eigenvalue weighted by Crippen LogP contribution is -2.51. The van der Waals surface area contributed by atoms with Crippen LogP contribution in [0.5, 0.6) is 0 Å². The summed E-state index contributed by atoms with van der Waals surface area (Å²) in [4.78, 5) is 39.6. The van der Waals surface area contributed by atoms with Gasteiger partial charge in [-0.25, -0.2) is 4.79 Å². The van der Waals surface area contributed by atoms with Crippen molar-refractivity contribution in [1.29, 1.82) is 0 Å². The number of urea groups is 1. The molecule has 1 saturated carbocycles. The number of anilines is 2. The number of carbonyl (C=O) groups is 3. The van der Waals surface area contributed by atoms with Crippen molar-refractivity contribution >= 4 is 29.2 Å². The van der Waals surface area contributed by atoms with Crippen LogP contribution in [-0.4, -0.2) is 49.6 Å². The van der Waals surface area contributed by atoms with Gasteiger partial charge < -0.3 is 21.3 Å². The van der Waals surface area contributed by atoms with E-state index in [0.717, 1.165) is 38.3 Å². The number of rotatable bonds is 5. The van der Waals surface area contributed by atoms with Crippen LogP contribution in [0.15, 0.2) is 18.2 Å². The van der Waals surface area contributed by atoms with Crippen LogP contribution in [0.1, 0.15) is 55.8 Å². The number of benzene rings is 1. The van der Waals surface area contributed by atoms with Gasteiger partial charge in [0.05, 0.1) is 11.4 Å². The third-order valence-electron chi connectivity index (χ3n) is 6.13. The third-order valence-corrected chi connectivity index (χ3v) is 6.13. The highest BCUT2D eigenvalue weighted by Gasteiger charge is 2.31. The van der Waals surface area contributed by atoms with Crippen molar-refractivity contribution < 1.29 is 14.4 Å². The van der Waals surface area contributed by atoms with E-state index in [1.165, 1.54) is 12.8 Å². The van der Waals surface area contributed by atoms with Crippen LogP contribution in [0.3, 0.4) is 0 Å². The molecule has 0 bridgehead atoms. The summed E-state index contributed by atoms with van der Waals surface area (Å²) in [5.74, 6) is 0.438. The van der Waals surface area contributed by atoms with Crippen LogP contribution >= 0.6 is 0 Å². The Bertz CT molecular complexity index is 817. The van der Waals surface area contributed by atoms with E-state index in [-0.39, 0.29) is 36.3 Å². The van der Waals surface area contributed by atoms with Crippen molar-refractivity contribution in [2.75, 3.05) is 29.9 Å². The molecule has 4 rings (SSSR count). The first-order chi connectivity index (χ1) is 14.5. The molecule has 1 aromatic rings. The molecule has 30 heavy (non-hydrogen) atoms. The Morgan fingerprint density at radius 2 is 1.93 bits per heavy atom. The zero-order valence-electron chi connectivity index (χ0n) is 17.5.